The SMILES string of the molecule is CC(C)(C)OC(=O)N1CC[C@@H](Oc2ccc3c(c2)COC3=O)C1. The number of nitrogens with zero attached hydrogens (tertiary/aromatic N) is 1. The Labute approximate surface area is 135 Å². The molecule has 0 radical (unpaired) electrons. The Morgan fingerprint density at radius 2 is 2.13 bits per heavy atom. The molecule has 1 aromatic rings. The zero-order valence-corrected chi connectivity index (χ0v) is 13.6. The third-order valence-electron chi connectivity index (χ3n) is 3.75. The summed E-state index contributed by atoms with van der Waals surface area (Å²) < 4.78 is 16.3. The molecular formula is C17H21NO5. The monoisotopic (exact) mass is 319 g/mol. The van der Waals surface area contributed by atoms with E-state index in [1.54, 1.807) is 17.0 Å². The Kier molecular flexibility index (Phi) is 3.92. The molecule has 6 heteroatoms. The number of cyclic esters (lactones) is 1. The number of carbonyl (C=O) groups excluding carboxylic acids is 2. The van der Waals surface area contributed by atoms with Gasteiger partial charge in [0.1, 0.15) is 24.1 Å². The third-order valence-corrected chi connectivity index (χ3v) is 3.75. The minimum Gasteiger partial charge on any atom is -0.489 e. The van der Waals surface area contributed by atoms with Gasteiger partial charge in [-0.1, -0.05) is 0 Å². The fourth-order valence-electron chi connectivity index (χ4n) is 2.69. The largest absolute Gasteiger partial charge is 0.489 e. The lowest BCUT2D eigenvalue weighted by Gasteiger charge is -2.24. The van der Waals surface area contributed by atoms with Crippen LogP contribution >= 0.6 is 0 Å². The van der Waals surface area contributed by atoms with Gasteiger partial charge in [-0.25, -0.2) is 9.59 Å². The quantitative estimate of drug-likeness (QED) is 0.784. The van der Waals surface area contributed by atoms with E-state index >= 15 is 0 Å². The number of fused-ring (bicyclic) bond motifs is 1. The molecule has 0 aliphatic carbocycles. The van der Waals surface area contributed by atoms with Gasteiger partial charge in [0.05, 0.1) is 12.1 Å². The van der Waals surface area contributed by atoms with Gasteiger partial charge in [0.2, 0.25) is 0 Å². The van der Waals surface area contributed by atoms with E-state index in [1.807, 2.05) is 26.8 Å². The number of hydrogen-bond donors (Lipinski definition) is 0. The molecule has 0 spiro atoms. The highest BCUT2D eigenvalue weighted by molar-refractivity contribution is 5.93. The molecule has 6 nitrogen and oxygen atoms in total. The average molecular weight is 319 g/mol. The topological polar surface area (TPSA) is 65.1 Å². The Bertz CT molecular complexity index is 634. The van der Waals surface area contributed by atoms with E-state index in [0.717, 1.165) is 12.0 Å². The average Bonchev–Trinajstić information content (AvgIpc) is 3.05. The maximum Gasteiger partial charge on any atom is 0.410 e. The summed E-state index contributed by atoms with van der Waals surface area (Å²) in [5.41, 5.74) is 0.941. The highest BCUT2D eigenvalue weighted by atomic mass is 16.6. The Balaban J connectivity index is 1.58. The normalized spacial score (nSPS) is 20.2. The second kappa shape index (κ2) is 5.76. The van der Waals surface area contributed by atoms with Crippen LogP contribution in [0, 0.1) is 0 Å². The zero-order valence-electron chi connectivity index (χ0n) is 13.6. The molecule has 2 heterocycles. The van der Waals surface area contributed by atoms with Gasteiger partial charge in [0.25, 0.3) is 0 Å². The van der Waals surface area contributed by atoms with Crippen molar-refractivity contribution in [3.05, 3.63) is 29.3 Å². The second-order valence-electron chi connectivity index (χ2n) is 6.85. The standard InChI is InChI=1S/C17H21NO5/c1-17(2,3)23-16(20)18-7-6-13(9-18)22-12-4-5-14-11(8-12)10-21-15(14)19/h4-5,8,13H,6-7,9-10H2,1-3H3/t13-/m1/s1. The lowest BCUT2D eigenvalue weighted by Crippen LogP contribution is -2.36. The highest BCUT2D eigenvalue weighted by Gasteiger charge is 2.31. The van der Waals surface area contributed by atoms with E-state index in [2.05, 4.69) is 0 Å². The van der Waals surface area contributed by atoms with Gasteiger partial charge in [0.15, 0.2) is 0 Å². The summed E-state index contributed by atoms with van der Waals surface area (Å²) in [6.45, 7) is 6.96. The molecule has 0 aromatic heterocycles. The first-order valence-electron chi connectivity index (χ1n) is 7.76. The minimum atomic E-state index is -0.497. The number of benzene rings is 1. The number of hydrogen-bond acceptors (Lipinski definition) is 5. The van der Waals surface area contributed by atoms with Crippen molar-refractivity contribution in [1.29, 1.82) is 0 Å². The van der Waals surface area contributed by atoms with E-state index < -0.39 is 5.60 Å². The van der Waals surface area contributed by atoms with Crippen molar-refractivity contribution in [1.82, 2.24) is 4.90 Å². The molecule has 1 fully saturated rings. The second-order valence-corrected chi connectivity index (χ2v) is 6.85. The first kappa shape index (κ1) is 15.6. The fraction of sp³-hybridized carbons (Fsp3) is 0.529. The summed E-state index contributed by atoms with van der Waals surface area (Å²) in [7, 11) is 0. The van der Waals surface area contributed by atoms with Gasteiger partial charge in [0, 0.05) is 18.5 Å². The van der Waals surface area contributed by atoms with Gasteiger partial charge in [-0.15, -0.1) is 0 Å². The van der Waals surface area contributed by atoms with Crippen molar-refractivity contribution in [3.8, 4) is 5.75 Å². The zero-order chi connectivity index (χ0) is 16.6. The van der Waals surface area contributed by atoms with Crippen LogP contribution in [0.1, 0.15) is 43.1 Å². The maximum absolute atomic E-state index is 12.0. The lowest BCUT2D eigenvalue weighted by atomic mass is 10.1. The van der Waals surface area contributed by atoms with Gasteiger partial charge in [-0.2, -0.15) is 0 Å². The van der Waals surface area contributed by atoms with Gasteiger partial charge in [-0.05, 0) is 39.0 Å². The number of esters is 1. The summed E-state index contributed by atoms with van der Waals surface area (Å²) in [6.07, 6.45) is 0.376. The molecule has 0 unspecified atom stereocenters. The summed E-state index contributed by atoms with van der Waals surface area (Å²) >= 11 is 0. The van der Waals surface area contributed by atoms with Crippen LogP contribution in [0.5, 0.6) is 5.75 Å². The van der Waals surface area contributed by atoms with Crippen LogP contribution in [0.4, 0.5) is 4.79 Å². The van der Waals surface area contributed by atoms with Crippen molar-refractivity contribution in [3.63, 3.8) is 0 Å². The van der Waals surface area contributed by atoms with E-state index in [4.69, 9.17) is 14.2 Å². The summed E-state index contributed by atoms with van der Waals surface area (Å²) in [6, 6.07) is 5.32. The molecule has 2 aliphatic rings. The molecule has 0 saturated carbocycles. The summed E-state index contributed by atoms with van der Waals surface area (Å²) in [4.78, 5) is 25.1. The number of rotatable bonds is 2. The Hall–Kier alpha value is -2.24. The smallest absolute Gasteiger partial charge is 0.410 e. The molecular weight excluding hydrogens is 298 g/mol. The van der Waals surface area contributed by atoms with Crippen molar-refractivity contribution in [2.75, 3.05) is 13.1 Å². The maximum atomic E-state index is 12.0. The molecule has 124 valence electrons. The van der Waals surface area contributed by atoms with Crippen LogP contribution in [0.25, 0.3) is 0 Å². The van der Waals surface area contributed by atoms with Crippen LogP contribution < -0.4 is 4.74 Å². The summed E-state index contributed by atoms with van der Waals surface area (Å²) in [5.74, 6) is 0.404. The first-order chi connectivity index (χ1) is 10.8. The van der Waals surface area contributed by atoms with E-state index in [9.17, 15) is 9.59 Å². The molecule has 1 aromatic carbocycles. The van der Waals surface area contributed by atoms with Crippen LogP contribution in [0.15, 0.2) is 18.2 Å². The van der Waals surface area contributed by atoms with E-state index in [1.165, 1.54) is 0 Å². The van der Waals surface area contributed by atoms with Crippen molar-refractivity contribution in [2.45, 2.75) is 45.5 Å². The molecule has 0 bridgehead atoms. The van der Waals surface area contributed by atoms with Gasteiger partial charge < -0.3 is 19.1 Å². The molecule has 1 atom stereocenters. The van der Waals surface area contributed by atoms with Crippen LogP contribution in [-0.2, 0) is 16.1 Å². The lowest BCUT2D eigenvalue weighted by molar-refractivity contribution is 0.0275. The fourth-order valence-corrected chi connectivity index (χ4v) is 2.69. The van der Waals surface area contributed by atoms with Crippen molar-refractivity contribution in [2.24, 2.45) is 0 Å². The Morgan fingerprint density at radius 1 is 1.35 bits per heavy atom. The summed E-state index contributed by atoms with van der Waals surface area (Å²) in [5, 5.41) is 0. The Morgan fingerprint density at radius 3 is 2.87 bits per heavy atom. The molecule has 23 heavy (non-hydrogen) atoms. The molecule has 1 saturated heterocycles. The minimum absolute atomic E-state index is 0.0707. The van der Waals surface area contributed by atoms with Crippen molar-refractivity contribution < 1.29 is 23.8 Å². The third kappa shape index (κ3) is 3.57. The molecule has 0 N–H and O–H groups in total. The van der Waals surface area contributed by atoms with Crippen LogP contribution in [0.3, 0.4) is 0 Å². The number of amides is 1. The number of ether oxygens (including phenoxy) is 3. The number of likely N-dealkylation sites (tertiary alicyclic amines) is 1. The highest BCUT2D eigenvalue weighted by Crippen LogP contribution is 2.26. The van der Waals surface area contributed by atoms with E-state index in [0.29, 0.717) is 31.0 Å². The molecule has 3 rings (SSSR count). The van der Waals surface area contributed by atoms with Gasteiger partial charge in [-0.3, -0.25) is 0 Å². The van der Waals surface area contributed by atoms with Crippen LogP contribution in [-0.4, -0.2) is 41.8 Å². The van der Waals surface area contributed by atoms with E-state index in [-0.39, 0.29) is 18.2 Å². The van der Waals surface area contributed by atoms with Crippen LogP contribution in [0.2, 0.25) is 0 Å². The first-order valence-corrected chi connectivity index (χ1v) is 7.76. The van der Waals surface area contributed by atoms with Crippen molar-refractivity contribution >= 4 is 12.1 Å². The van der Waals surface area contributed by atoms with Gasteiger partial charge >= 0.3 is 12.1 Å². The predicted molar refractivity (Wildman–Crippen MR) is 82.4 cm³/mol. The number of carbonyl (C=O) groups is 2. The molecule has 2 aliphatic heterocycles. The molecule has 1 amide bonds. The predicted octanol–water partition coefficient (Wildman–Crippen LogP) is 2.75.